The molecule has 0 saturated carbocycles. The summed E-state index contributed by atoms with van der Waals surface area (Å²) in [7, 11) is 0. The van der Waals surface area contributed by atoms with Crippen LogP contribution >= 0.6 is 0 Å². The molecule has 0 fully saturated rings. The van der Waals surface area contributed by atoms with E-state index in [2.05, 4.69) is 15.6 Å². The molecule has 2 N–H and O–H groups in total. The summed E-state index contributed by atoms with van der Waals surface area (Å²) in [6, 6.07) is 5.03. The lowest BCUT2D eigenvalue weighted by Gasteiger charge is -2.19. The van der Waals surface area contributed by atoms with Crippen molar-refractivity contribution in [2.45, 2.75) is 13.8 Å². The predicted octanol–water partition coefficient (Wildman–Crippen LogP) is 0.863. The first-order valence-electron chi connectivity index (χ1n) is 6.41. The van der Waals surface area contributed by atoms with Crippen molar-refractivity contribution in [3.05, 3.63) is 30.1 Å². The number of pyridine rings is 1. The Kier molecular flexibility index (Phi) is 6.35. The molecule has 104 valence electrons. The Morgan fingerprint density at radius 3 is 2.42 bits per heavy atom. The molecule has 1 aromatic heterocycles. The molecule has 0 aliphatic heterocycles. The molecule has 6 nitrogen and oxygen atoms in total. The average molecular weight is 264 g/mol. The summed E-state index contributed by atoms with van der Waals surface area (Å²) < 4.78 is 0. The van der Waals surface area contributed by atoms with Crippen LogP contribution in [0.5, 0.6) is 0 Å². The molecule has 6 heteroatoms. The smallest absolute Gasteiger partial charge is 0.317 e. The Labute approximate surface area is 113 Å². The summed E-state index contributed by atoms with van der Waals surface area (Å²) in [6.45, 7) is 5.96. The Hall–Kier alpha value is -2.11. The minimum absolute atomic E-state index is 0.114. The van der Waals surface area contributed by atoms with Crippen molar-refractivity contribution in [2.24, 2.45) is 0 Å². The van der Waals surface area contributed by atoms with Gasteiger partial charge in [-0.2, -0.15) is 0 Å². The normalized spacial score (nSPS) is 9.79. The summed E-state index contributed by atoms with van der Waals surface area (Å²) in [5.74, 6) is -0.238. The van der Waals surface area contributed by atoms with Crippen LogP contribution in [0.2, 0.25) is 0 Å². The SMILES string of the molecule is CCN(CC)C(=O)NCCNC(=O)c1ccccn1. The number of aromatic nitrogens is 1. The third-order valence-electron chi connectivity index (χ3n) is 2.63. The molecule has 1 rings (SSSR count). The molecule has 1 aromatic rings. The van der Waals surface area contributed by atoms with Crippen LogP contribution in [0.1, 0.15) is 24.3 Å². The van der Waals surface area contributed by atoms with Gasteiger partial charge in [-0.05, 0) is 26.0 Å². The number of nitrogens with one attached hydrogen (secondary N) is 2. The van der Waals surface area contributed by atoms with Crippen LogP contribution in [0, 0.1) is 0 Å². The van der Waals surface area contributed by atoms with E-state index in [1.807, 2.05) is 13.8 Å². The maximum atomic E-state index is 11.6. The molecule has 1 heterocycles. The van der Waals surface area contributed by atoms with E-state index in [-0.39, 0.29) is 11.9 Å². The van der Waals surface area contributed by atoms with Gasteiger partial charge in [0, 0.05) is 32.4 Å². The van der Waals surface area contributed by atoms with E-state index in [4.69, 9.17) is 0 Å². The van der Waals surface area contributed by atoms with E-state index >= 15 is 0 Å². The van der Waals surface area contributed by atoms with Gasteiger partial charge in [-0.1, -0.05) is 6.07 Å². The number of amides is 3. The molecular formula is C13H20N4O2. The molecule has 0 atom stereocenters. The molecule has 0 saturated heterocycles. The standard InChI is InChI=1S/C13H20N4O2/c1-3-17(4-2)13(19)16-10-9-15-12(18)11-7-5-6-8-14-11/h5-8H,3-4,9-10H2,1-2H3,(H,15,18)(H,16,19). The van der Waals surface area contributed by atoms with E-state index in [0.29, 0.717) is 31.9 Å². The van der Waals surface area contributed by atoms with Gasteiger partial charge in [-0.3, -0.25) is 9.78 Å². The molecule has 0 unspecified atom stereocenters. The van der Waals surface area contributed by atoms with Crippen LogP contribution in [-0.2, 0) is 0 Å². The third-order valence-corrected chi connectivity index (χ3v) is 2.63. The zero-order valence-electron chi connectivity index (χ0n) is 11.3. The van der Waals surface area contributed by atoms with Gasteiger partial charge in [-0.25, -0.2) is 4.79 Å². The monoisotopic (exact) mass is 264 g/mol. The van der Waals surface area contributed by atoms with Crippen molar-refractivity contribution in [2.75, 3.05) is 26.2 Å². The Bertz CT molecular complexity index is 404. The molecule has 0 spiro atoms. The number of nitrogens with zero attached hydrogens (tertiary/aromatic N) is 2. The highest BCUT2D eigenvalue weighted by molar-refractivity contribution is 5.92. The van der Waals surface area contributed by atoms with E-state index < -0.39 is 0 Å². The van der Waals surface area contributed by atoms with Gasteiger partial charge in [0.2, 0.25) is 0 Å². The van der Waals surface area contributed by atoms with E-state index in [0.717, 1.165) is 0 Å². The Morgan fingerprint density at radius 1 is 1.16 bits per heavy atom. The van der Waals surface area contributed by atoms with Crippen molar-refractivity contribution in [1.29, 1.82) is 0 Å². The number of urea groups is 1. The van der Waals surface area contributed by atoms with Gasteiger partial charge in [-0.15, -0.1) is 0 Å². The second-order valence-electron chi connectivity index (χ2n) is 3.88. The highest BCUT2D eigenvalue weighted by atomic mass is 16.2. The molecule has 0 aromatic carbocycles. The number of rotatable bonds is 6. The van der Waals surface area contributed by atoms with Crippen molar-refractivity contribution in [1.82, 2.24) is 20.5 Å². The maximum absolute atomic E-state index is 11.6. The van der Waals surface area contributed by atoms with Crippen LogP contribution < -0.4 is 10.6 Å². The Balaban J connectivity index is 2.24. The van der Waals surface area contributed by atoms with Crippen LogP contribution in [-0.4, -0.2) is 48.0 Å². The zero-order chi connectivity index (χ0) is 14.1. The van der Waals surface area contributed by atoms with Crippen LogP contribution in [0.25, 0.3) is 0 Å². The summed E-state index contributed by atoms with van der Waals surface area (Å²) in [5.41, 5.74) is 0.373. The van der Waals surface area contributed by atoms with Gasteiger partial charge in [0.1, 0.15) is 5.69 Å². The highest BCUT2D eigenvalue weighted by Crippen LogP contribution is 1.92. The largest absolute Gasteiger partial charge is 0.349 e. The quantitative estimate of drug-likeness (QED) is 0.748. The fraction of sp³-hybridized carbons (Fsp3) is 0.462. The molecular weight excluding hydrogens is 244 g/mol. The van der Waals surface area contributed by atoms with E-state index in [9.17, 15) is 9.59 Å². The van der Waals surface area contributed by atoms with Crippen LogP contribution in [0.15, 0.2) is 24.4 Å². The number of hydrogen-bond donors (Lipinski definition) is 2. The molecule has 0 radical (unpaired) electrons. The van der Waals surface area contributed by atoms with Gasteiger partial charge >= 0.3 is 6.03 Å². The first-order chi connectivity index (χ1) is 9.19. The topological polar surface area (TPSA) is 74.3 Å². The van der Waals surface area contributed by atoms with Gasteiger partial charge in [0.05, 0.1) is 0 Å². The predicted molar refractivity (Wildman–Crippen MR) is 72.9 cm³/mol. The Morgan fingerprint density at radius 2 is 1.84 bits per heavy atom. The summed E-state index contributed by atoms with van der Waals surface area (Å²) in [6.07, 6.45) is 1.57. The van der Waals surface area contributed by atoms with Crippen molar-refractivity contribution >= 4 is 11.9 Å². The fourth-order valence-electron chi connectivity index (χ4n) is 1.56. The van der Waals surface area contributed by atoms with Crippen LogP contribution in [0.4, 0.5) is 4.79 Å². The average Bonchev–Trinajstić information content (AvgIpc) is 2.45. The summed E-state index contributed by atoms with van der Waals surface area (Å²) >= 11 is 0. The van der Waals surface area contributed by atoms with E-state index in [1.54, 1.807) is 29.3 Å². The summed E-state index contributed by atoms with van der Waals surface area (Å²) in [4.78, 5) is 28.9. The van der Waals surface area contributed by atoms with E-state index in [1.165, 1.54) is 0 Å². The maximum Gasteiger partial charge on any atom is 0.317 e. The number of carbonyl (C=O) groups is 2. The molecule has 0 aliphatic carbocycles. The molecule has 3 amide bonds. The summed E-state index contributed by atoms with van der Waals surface area (Å²) in [5, 5.41) is 5.44. The second kappa shape index (κ2) is 8.07. The minimum Gasteiger partial charge on any atom is -0.349 e. The lowest BCUT2D eigenvalue weighted by Crippen LogP contribution is -2.42. The van der Waals surface area contributed by atoms with Crippen molar-refractivity contribution in [3.63, 3.8) is 0 Å². The molecule has 0 aliphatic rings. The molecule has 19 heavy (non-hydrogen) atoms. The highest BCUT2D eigenvalue weighted by Gasteiger charge is 2.08. The minimum atomic E-state index is -0.238. The zero-order valence-corrected chi connectivity index (χ0v) is 11.3. The lowest BCUT2D eigenvalue weighted by molar-refractivity contribution is 0.0948. The van der Waals surface area contributed by atoms with Crippen LogP contribution in [0.3, 0.4) is 0 Å². The van der Waals surface area contributed by atoms with Crippen molar-refractivity contribution in [3.8, 4) is 0 Å². The third kappa shape index (κ3) is 4.95. The van der Waals surface area contributed by atoms with Crippen molar-refractivity contribution < 1.29 is 9.59 Å². The number of hydrogen-bond acceptors (Lipinski definition) is 3. The van der Waals surface area contributed by atoms with Gasteiger partial charge in [0.15, 0.2) is 0 Å². The lowest BCUT2D eigenvalue weighted by atomic mass is 10.3. The number of carbonyl (C=O) groups excluding carboxylic acids is 2. The van der Waals surface area contributed by atoms with Gasteiger partial charge < -0.3 is 15.5 Å². The second-order valence-corrected chi connectivity index (χ2v) is 3.88. The fourth-order valence-corrected chi connectivity index (χ4v) is 1.56. The first-order valence-corrected chi connectivity index (χ1v) is 6.41. The first kappa shape index (κ1) is 14.9. The molecule has 0 bridgehead atoms. The van der Waals surface area contributed by atoms with Gasteiger partial charge in [0.25, 0.3) is 5.91 Å².